The van der Waals surface area contributed by atoms with Crippen LogP contribution in [0.2, 0.25) is 0 Å². The van der Waals surface area contributed by atoms with Crippen molar-refractivity contribution in [1.82, 2.24) is 4.98 Å². The predicted molar refractivity (Wildman–Crippen MR) is 115 cm³/mol. The fourth-order valence-electron chi connectivity index (χ4n) is 3.72. The zero-order valence-electron chi connectivity index (χ0n) is 16.8. The first-order chi connectivity index (χ1) is 15.0. The van der Waals surface area contributed by atoms with E-state index in [0.717, 1.165) is 22.2 Å². The van der Waals surface area contributed by atoms with Crippen LogP contribution in [0.1, 0.15) is 40.6 Å². The van der Waals surface area contributed by atoms with Crippen LogP contribution in [0.4, 0.5) is 5.13 Å². The molecule has 31 heavy (non-hydrogen) atoms. The first-order valence-corrected chi connectivity index (χ1v) is 10.6. The van der Waals surface area contributed by atoms with Gasteiger partial charge in [-0.2, -0.15) is 0 Å². The smallest absolute Gasteiger partial charge is 0.296 e. The Balaban J connectivity index is 1.66. The number of nitrogens with zero attached hydrogens (tertiary/aromatic N) is 2. The Bertz CT molecular complexity index is 1350. The van der Waals surface area contributed by atoms with Gasteiger partial charge in [0.15, 0.2) is 16.7 Å². The number of Topliss-reactive ketones (excluding diaryl/α,β-unsaturated/α-hetero) is 1. The molecule has 1 aromatic carbocycles. The Morgan fingerprint density at radius 2 is 2.10 bits per heavy atom. The van der Waals surface area contributed by atoms with E-state index >= 15 is 0 Å². The van der Waals surface area contributed by atoms with Crippen molar-refractivity contribution in [3.63, 3.8) is 0 Å². The predicted octanol–water partition coefficient (Wildman–Crippen LogP) is 5.14. The van der Waals surface area contributed by atoms with Crippen molar-refractivity contribution in [2.24, 2.45) is 0 Å². The average Bonchev–Trinajstić information content (AvgIpc) is 3.54. The van der Waals surface area contributed by atoms with E-state index in [1.165, 1.54) is 28.6 Å². The zero-order valence-corrected chi connectivity index (χ0v) is 17.6. The standard InChI is InChI=1S/C23H18N2O5S/c1-3-13-7-8-14-17(11-13)31-23(24-14)25-19(15-9-6-12(2)30-15)18(21(27)22(25)28)20(26)16-5-4-10-29-16/h4-11,19,27H,3H2,1-2H3. The van der Waals surface area contributed by atoms with Crippen LogP contribution in [-0.2, 0) is 11.2 Å². The summed E-state index contributed by atoms with van der Waals surface area (Å²) in [5, 5.41) is 11.1. The number of carbonyl (C=O) groups excluding carboxylic acids is 2. The largest absolute Gasteiger partial charge is 0.503 e. The highest BCUT2D eigenvalue weighted by Crippen LogP contribution is 2.44. The summed E-state index contributed by atoms with van der Waals surface area (Å²) in [5.41, 5.74) is 1.80. The number of aliphatic hydroxyl groups is 1. The first-order valence-electron chi connectivity index (χ1n) is 9.78. The highest BCUT2D eigenvalue weighted by Gasteiger charge is 2.48. The molecule has 1 amide bonds. The van der Waals surface area contributed by atoms with Gasteiger partial charge in [-0.1, -0.05) is 24.3 Å². The van der Waals surface area contributed by atoms with Gasteiger partial charge in [0.2, 0.25) is 5.78 Å². The van der Waals surface area contributed by atoms with Crippen molar-refractivity contribution in [2.45, 2.75) is 26.3 Å². The molecule has 1 aliphatic heterocycles. The molecule has 0 fully saturated rings. The number of benzene rings is 1. The number of anilines is 1. The van der Waals surface area contributed by atoms with Gasteiger partial charge in [0.25, 0.3) is 5.91 Å². The van der Waals surface area contributed by atoms with Gasteiger partial charge in [0, 0.05) is 0 Å². The number of amides is 1. The van der Waals surface area contributed by atoms with Crippen molar-refractivity contribution >= 4 is 38.4 Å². The summed E-state index contributed by atoms with van der Waals surface area (Å²) < 4.78 is 11.9. The summed E-state index contributed by atoms with van der Waals surface area (Å²) >= 11 is 1.33. The van der Waals surface area contributed by atoms with Crippen LogP contribution in [-0.4, -0.2) is 21.8 Å². The lowest BCUT2D eigenvalue weighted by Crippen LogP contribution is -2.30. The van der Waals surface area contributed by atoms with Crippen LogP contribution in [0.15, 0.2) is 68.9 Å². The zero-order chi connectivity index (χ0) is 21.7. The fourth-order valence-corrected chi connectivity index (χ4v) is 4.78. The van der Waals surface area contributed by atoms with Crippen molar-refractivity contribution in [3.8, 4) is 0 Å². The van der Waals surface area contributed by atoms with Crippen molar-refractivity contribution in [2.75, 3.05) is 4.90 Å². The molecule has 8 heteroatoms. The molecular formula is C23H18N2O5S. The molecule has 0 saturated heterocycles. The molecular weight excluding hydrogens is 416 g/mol. The molecule has 0 saturated carbocycles. The third-order valence-corrected chi connectivity index (χ3v) is 6.30. The molecule has 1 unspecified atom stereocenters. The lowest BCUT2D eigenvalue weighted by atomic mass is 10.00. The molecule has 156 valence electrons. The van der Waals surface area contributed by atoms with Crippen LogP contribution < -0.4 is 4.90 Å². The summed E-state index contributed by atoms with van der Waals surface area (Å²) in [7, 11) is 0. The number of aryl methyl sites for hydroxylation is 2. The molecule has 4 heterocycles. The maximum atomic E-state index is 13.1. The Hall–Kier alpha value is -3.65. The third kappa shape index (κ3) is 3.07. The second-order valence-electron chi connectivity index (χ2n) is 7.25. The van der Waals surface area contributed by atoms with Gasteiger partial charge in [-0.25, -0.2) is 4.98 Å². The Morgan fingerprint density at radius 1 is 1.26 bits per heavy atom. The van der Waals surface area contributed by atoms with Crippen LogP contribution in [0.5, 0.6) is 0 Å². The molecule has 4 aromatic rings. The third-order valence-electron chi connectivity index (χ3n) is 5.28. The Labute approximate surface area is 181 Å². The summed E-state index contributed by atoms with van der Waals surface area (Å²) in [4.78, 5) is 32.2. The molecule has 7 nitrogen and oxygen atoms in total. The molecule has 0 aliphatic carbocycles. The van der Waals surface area contributed by atoms with E-state index < -0.39 is 23.5 Å². The van der Waals surface area contributed by atoms with E-state index in [4.69, 9.17) is 8.83 Å². The number of rotatable bonds is 5. The minimum Gasteiger partial charge on any atom is -0.503 e. The summed E-state index contributed by atoms with van der Waals surface area (Å²) in [6.45, 7) is 3.84. The van der Waals surface area contributed by atoms with Crippen molar-refractivity contribution in [1.29, 1.82) is 0 Å². The lowest BCUT2D eigenvalue weighted by molar-refractivity contribution is -0.117. The second kappa shape index (κ2) is 7.24. The van der Waals surface area contributed by atoms with Crippen molar-refractivity contribution in [3.05, 3.63) is 82.9 Å². The van der Waals surface area contributed by atoms with Gasteiger partial charge in [0.05, 0.1) is 22.1 Å². The van der Waals surface area contributed by atoms with Gasteiger partial charge in [0.1, 0.15) is 17.6 Å². The Kier molecular flexibility index (Phi) is 4.51. The summed E-state index contributed by atoms with van der Waals surface area (Å²) in [6, 6.07) is 11.5. The lowest BCUT2D eigenvalue weighted by Gasteiger charge is -2.21. The molecule has 1 aliphatic rings. The molecule has 1 N–H and O–H groups in total. The summed E-state index contributed by atoms with van der Waals surface area (Å²) in [5.74, 6) is -0.903. The van der Waals surface area contributed by atoms with E-state index in [2.05, 4.69) is 11.9 Å². The quantitative estimate of drug-likeness (QED) is 0.437. The van der Waals surface area contributed by atoms with Gasteiger partial charge in [-0.05, 0) is 55.3 Å². The van der Waals surface area contributed by atoms with Gasteiger partial charge in [-0.3, -0.25) is 14.5 Å². The highest BCUT2D eigenvalue weighted by molar-refractivity contribution is 7.22. The number of thiazole rings is 1. The molecule has 1 atom stereocenters. The molecule has 0 bridgehead atoms. The van der Waals surface area contributed by atoms with Crippen LogP contribution >= 0.6 is 11.3 Å². The number of carbonyl (C=O) groups is 2. The van der Waals surface area contributed by atoms with Crippen molar-refractivity contribution < 1.29 is 23.5 Å². The topological polar surface area (TPSA) is 96.8 Å². The van der Waals surface area contributed by atoms with Gasteiger partial charge in [-0.15, -0.1) is 0 Å². The minimum atomic E-state index is -0.954. The fraction of sp³-hybridized carbons (Fsp3) is 0.174. The molecule has 0 spiro atoms. The Morgan fingerprint density at radius 3 is 2.77 bits per heavy atom. The molecule has 5 rings (SSSR count). The van der Waals surface area contributed by atoms with Crippen LogP contribution in [0, 0.1) is 6.92 Å². The number of hydrogen-bond acceptors (Lipinski definition) is 7. The second-order valence-corrected chi connectivity index (χ2v) is 8.26. The van der Waals surface area contributed by atoms with Crippen LogP contribution in [0.3, 0.4) is 0 Å². The number of fused-ring (bicyclic) bond motifs is 1. The van der Waals surface area contributed by atoms with Crippen LogP contribution in [0.25, 0.3) is 10.2 Å². The SMILES string of the molecule is CCc1ccc2nc(N3C(=O)C(O)=C(C(=O)c4ccco4)C3c3ccc(C)o3)sc2c1. The van der Waals surface area contributed by atoms with E-state index in [-0.39, 0.29) is 11.3 Å². The normalized spacial score (nSPS) is 16.6. The molecule has 0 radical (unpaired) electrons. The van der Waals surface area contributed by atoms with Gasteiger partial charge >= 0.3 is 0 Å². The minimum absolute atomic E-state index is 0.0290. The highest BCUT2D eigenvalue weighted by atomic mass is 32.1. The van der Waals surface area contributed by atoms with E-state index in [1.54, 1.807) is 25.1 Å². The van der Waals surface area contributed by atoms with E-state index in [1.807, 2.05) is 18.2 Å². The average molecular weight is 434 g/mol. The number of furan rings is 2. The number of hydrogen-bond donors (Lipinski definition) is 1. The van der Waals surface area contributed by atoms with Gasteiger partial charge < -0.3 is 13.9 Å². The number of aromatic nitrogens is 1. The maximum Gasteiger partial charge on any atom is 0.296 e. The van der Waals surface area contributed by atoms with E-state index in [0.29, 0.717) is 16.7 Å². The monoisotopic (exact) mass is 434 g/mol. The summed E-state index contributed by atoms with van der Waals surface area (Å²) in [6.07, 6.45) is 2.24. The maximum absolute atomic E-state index is 13.1. The number of ketones is 1. The molecule has 3 aromatic heterocycles. The number of aliphatic hydroxyl groups excluding tert-OH is 1. The van der Waals surface area contributed by atoms with E-state index in [9.17, 15) is 14.7 Å². The first kappa shape index (κ1) is 19.3.